The molecule has 1 aliphatic carbocycles. The molecule has 1 aromatic carbocycles. The Morgan fingerprint density at radius 2 is 1.91 bits per heavy atom. The highest BCUT2D eigenvalue weighted by Gasteiger charge is 2.32. The van der Waals surface area contributed by atoms with Crippen molar-refractivity contribution < 1.29 is 4.74 Å². The Labute approximate surface area is 193 Å². The zero-order chi connectivity index (χ0) is 22.1. The first kappa shape index (κ1) is 21.2. The minimum atomic E-state index is 0.0341. The number of morpholine rings is 1. The fourth-order valence-corrected chi connectivity index (χ4v) is 5.24. The molecule has 166 valence electrons. The molecular weight excluding hydrogens is 424 g/mol. The second-order valence-electron chi connectivity index (χ2n) is 8.94. The molecule has 1 saturated heterocycles. The Bertz CT molecular complexity index is 1130. The molecule has 0 bridgehead atoms. The van der Waals surface area contributed by atoms with Gasteiger partial charge < -0.3 is 19.0 Å². The highest BCUT2D eigenvalue weighted by atomic mass is 35.5. The van der Waals surface area contributed by atoms with Crippen molar-refractivity contribution >= 4 is 34.7 Å². The van der Waals surface area contributed by atoms with Gasteiger partial charge in [-0.25, -0.2) is 0 Å². The summed E-state index contributed by atoms with van der Waals surface area (Å²) in [5, 5.41) is 0.299. The van der Waals surface area contributed by atoms with E-state index in [0.29, 0.717) is 29.9 Å². The van der Waals surface area contributed by atoms with Crippen molar-refractivity contribution in [2.75, 3.05) is 24.7 Å². The lowest BCUT2D eigenvalue weighted by Gasteiger charge is -2.37. The maximum absolute atomic E-state index is 7.32. The molecule has 0 unspecified atom stereocenters. The minimum absolute atomic E-state index is 0.0341. The summed E-state index contributed by atoms with van der Waals surface area (Å²) in [4.78, 5) is 19.2. The van der Waals surface area contributed by atoms with E-state index in [-0.39, 0.29) is 12.0 Å². The molecule has 3 aromatic rings. The van der Waals surface area contributed by atoms with Crippen molar-refractivity contribution in [3.63, 3.8) is 0 Å². The van der Waals surface area contributed by atoms with Gasteiger partial charge in [-0.05, 0) is 41.8 Å². The summed E-state index contributed by atoms with van der Waals surface area (Å²) in [6.07, 6.45) is 4.90. The highest BCUT2D eigenvalue weighted by molar-refractivity contribution is 6.33. The van der Waals surface area contributed by atoms with Crippen molar-refractivity contribution in [1.29, 1.82) is 0 Å². The molecular formula is C24H27ClN6O. The van der Waals surface area contributed by atoms with Gasteiger partial charge >= 0.3 is 5.95 Å². The smallest absolute Gasteiger partial charge is 0.375 e. The fourth-order valence-electron chi connectivity index (χ4n) is 4.98. The van der Waals surface area contributed by atoms with Crippen LogP contribution < -0.4 is 4.90 Å². The Hall–Kier alpha value is -2.69. The number of nitrogens with zero attached hydrogens (tertiary/aromatic N) is 6. The topological polar surface area (TPSA) is 60.4 Å². The number of benzene rings is 1. The lowest BCUT2D eigenvalue weighted by Crippen LogP contribution is -2.41. The van der Waals surface area contributed by atoms with Gasteiger partial charge in [0.15, 0.2) is 5.52 Å². The number of hydrogen-bond acceptors (Lipinski definition) is 5. The number of ether oxygens (including phenoxy) is 1. The fraction of sp³-hybridized carbons (Fsp3) is 0.500. The Balaban J connectivity index is 1.60. The zero-order valence-corrected chi connectivity index (χ0v) is 19.0. The zero-order valence-electron chi connectivity index (χ0n) is 18.2. The van der Waals surface area contributed by atoms with Crippen LogP contribution in [-0.4, -0.2) is 39.3 Å². The van der Waals surface area contributed by atoms with Crippen molar-refractivity contribution in [1.82, 2.24) is 19.5 Å². The molecule has 1 aliphatic heterocycles. The molecule has 2 aliphatic rings. The van der Waals surface area contributed by atoms with Gasteiger partial charge in [-0.1, -0.05) is 50.1 Å². The maximum Gasteiger partial charge on any atom is 0.375 e. The van der Waals surface area contributed by atoms with E-state index in [1.165, 1.54) is 31.2 Å². The van der Waals surface area contributed by atoms with Gasteiger partial charge in [-0.3, -0.25) is 0 Å². The van der Waals surface area contributed by atoms with Gasteiger partial charge in [0, 0.05) is 13.1 Å². The van der Waals surface area contributed by atoms with Crippen molar-refractivity contribution in [2.45, 2.75) is 45.2 Å². The van der Waals surface area contributed by atoms with Crippen LogP contribution in [0.25, 0.3) is 16.0 Å². The molecule has 1 saturated carbocycles. The van der Waals surface area contributed by atoms with Gasteiger partial charge in [0.25, 0.3) is 0 Å². The third-order valence-electron chi connectivity index (χ3n) is 6.77. The lowest BCUT2D eigenvalue weighted by atomic mass is 9.83. The second kappa shape index (κ2) is 9.05. The van der Waals surface area contributed by atoms with E-state index >= 15 is 0 Å². The SMILES string of the molecule is [C-]#[N+]c1nc(Cl)c2c(n1)nc(N1CCOC[C@H]1c1ccccc1)n2CC1CCC(C)CC1. The van der Waals surface area contributed by atoms with Crippen LogP contribution in [0.3, 0.4) is 0 Å². The number of hydrogen-bond donors (Lipinski definition) is 0. The molecule has 32 heavy (non-hydrogen) atoms. The van der Waals surface area contributed by atoms with Gasteiger partial charge in [-0.2, -0.15) is 4.98 Å². The molecule has 0 spiro atoms. The van der Waals surface area contributed by atoms with Crippen molar-refractivity contribution in [3.8, 4) is 0 Å². The summed E-state index contributed by atoms with van der Waals surface area (Å²) >= 11 is 6.59. The molecule has 8 heteroatoms. The standard InChI is InChI=1S/C24H27ClN6O/c1-16-8-10-17(11-9-16)14-31-20-21(25)27-23(26-2)28-22(20)29-24(31)30-12-13-32-15-19(30)18-6-4-3-5-7-18/h3-7,16-17,19H,8-15H2,1H3/t16?,17?,19-/m0/s1. The van der Waals surface area contributed by atoms with Crippen molar-refractivity contribution in [3.05, 3.63) is 52.5 Å². The van der Waals surface area contributed by atoms with E-state index in [9.17, 15) is 0 Å². The van der Waals surface area contributed by atoms with E-state index in [1.54, 1.807) is 0 Å². The number of aromatic nitrogens is 4. The Morgan fingerprint density at radius 1 is 1.12 bits per heavy atom. The molecule has 0 radical (unpaired) electrons. The third kappa shape index (κ3) is 4.05. The van der Waals surface area contributed by atoms with Crippen LogP contribution >= 0.6 is 11.6 Å². The van der Waals surface area contributed by atoms with E-state index in [2.05, 4.69) is 55.5 Å². The molecule has 0 N–H and O–H groups in total. The normalized spacial score (nSPS) is 23.9. The molecule has 1 atom stereocenters. The van der Waals surface area contributed by atoms with E-state index < -0.39 is 0 Å². The lowest BCUT2D eigenvalue weighted by molar-refractivity contribution is 0.0927. The molecule has 7 nitrogen and oxygen atoms in total. The number of halogens is 1. The summed E-state index contributed by atoms with van der Waals surface area (Å²) in [5.74, 6) is 2.23. The van der Waals surface area contributed by atoms with Gasteiger partial charge in [0.2, 0.25) is 16.7 Å². The van der Waals surface area contributed by atoms with Crippen LogP contribution in [0, 0.1) is 18.4 Å². The van der Waals surface area contributed by atoms with Gasteiger partial charge in [0.05, 0.1) is 19.3 Å². The first-order chi connectivity index (χ1) is 15.6. The monoisotopic (exact) mass is 450 g/mol. The largest absolute Gasteiger partial charge is 0.394 e. The summed E-state index contributed by atoms with van der Waals surface area (Å²) in [6.45, 7) is 12.5. The third-order valence-corrected chi connectivity index (χ3v) is 7.04. The number of anilines is 1. The summed E-state index contributed by atoms with van der Waals surface area (Å²) in [7, 11) is 0. The first-order valence-corrected chi connectivity index (χ1v) is 11.7. The van der Waals surface area contributed by atoms with E-state index in [1.807, 2.05) is 6.07 Å². The predicted octanol–water partition coefficient (Wildman–Crippen LogP) is 5.43. The number of imidazole rings is 1. The van der Waals surface area contributed by atoms with Crippen LogP contribution in [0.15, 0.2) is 30.3 Å². The molecule has 3 heterocycles. The summed E-state index contributed by atoms with van der Waals surface area (Å²) < 4.78 is 8.05. The highest BCUT2D eigenvalue weighted by Crippen LogP contribution is 2.37. The quantitative estimate of drug-likeness (QED) is 0.391. The van der Waals surface area contributed by atoms with E-state index in [0.717, 1.165) is 30.5 Å². The maximum atomic E-state index is 7.32. The van der Waals surface area contributed by atoms with Crippen LogP contribution in [0.1, 0.15) is 44.2 Å². The van der Waals surface area contributed by atoms with E-state index in [4.69, 9.17) is 27.9 Å². The Kier molecular flexibility index (Phi) is 5.99. The molecule has 2 aromatic heterocycles. The summed E-state index contributed by atoms with van der Waals surface area (Å²) in [6, 6.07) is 10.5. The van der Waals surface area contributed by atoms with Crippen LogP contribution in [0.5, 0.6) is 0 Å². The Morgan fingerprint density at radius 3 is 2.66 bits per heavy atom. The van der Waals surface area contributed by atoms with Gasteiger partial charge in [-0.15, -0.1) is 16.5 Å². The van der Waals surface area contributed by atoms with Crippen molar-refractivity contribution in [2.24, 2.45) is 11.8 Å². The van der Waals surface area contributed by atoms with Crippen LogP contribution in [-0.2, 0) is 11.3 Å². The molecule has 5 rings (SSSR count). The van der Waals surface area contributed by atoms with Gasteiger partial charge in [0.1, 0.15) is 0 Å². The number of rotatable bonds is 4. The second-order valence-corrected chi connectivity index (χ2v) is 9.30. The number of fused-ring (bicyclic) bond motifs is 1. The van der Waals surface area contributed by atoms with Crippen LogP contribution in [0.4, 0.5) is 11.9 Å². The molecule has 0 amide bonds. The average molecular weight is 451 g/mol. The molecule has 2 fully saturated rings. The average Bonchev–Trinajstić information content (AvgIpc) is 3.19. The van der Waals surface area contributed by atoms with Crippen LogP contribution in [0.2, 0.25) is 5.15 Å². The summed E-state index contributed by atoms with van der Waals surface area (Å²) in [5.41, 5.74) is 2.41. The minimum Gasteiger partial charge on any atom is -0.394 e. The first-order valence-electron chi connectivity index (χ1n) is 11.3. The predicted molar refractivity (Wildman–Crippen MR) is 125 cm³/mol.